The van der Waals surface area contributed by atoms with Crippen molar-refractivity contribution >= 4 is 5.91 Å². The third-order valence-electron chi connectivity index (χ3n) is 5.47. The van der Waals surface area contributed by atoms with Gasteiger partial charge in [-0.2, -0.15) is 13.2 Å². The molecule has 1 atom stereocenters. The van der Waals surface area contributed by atoms with Crippen molar-refractivity contribution in [3.63, 3.8) is 0 Å². The minimum atomic E-state index is -4.34. The lowest BCUT2D eigenvalue weighted by Gasteiger charge is -2.15. The molecule has 2 nitrogen and oxygen atoms in total. The Morgan fingerprint density at radius 2 is 1.44 bits per heavy atom. The predicted octanol–water partition coefficient (Wildman–Crippen LogP) is 8.70. The molecule has 0 heterocycles. The summed E-state index contributed by atoms with van der Waals surface area (Å²) in [4.78, 5) is 12.1. The van der Waals surface area contributed by atoms with E-state index in [1.807, 2.05) is 0 Å². The standard InChI is InChI=1S/C27H40F3NO/c1-3-4-5-6-7-8-9-10-11-12-13-14-15-16-17-18-26(32)31-23(2)24-19-21-25(22-20-24)27(28,29)30/h7-8,10-11,19-23H,3-6,9,12-18H2,1-2H3,(H,31,32)/b8-7-,11-10-. The lowest BCUT2D eigenvalue weighted by atomic mass is 10.1. The quantitative estimate of drug-likeness (QED) is 0.198. The molecule has 0 aliphatic heterocycles. The molecule has 32 heavy (non-hydrogen) atoms. The molecular weight excluding hydrogens is 411 g/mol. The Balaban J connectivity index is 2.05. The predicted molar refractivity (Wildman–Crippen MR) is 127 cm³/mol. The number of hydrogen-bond acceptors (Lipinski definition) is 1. The second-order valence-electron chi connectivity index (χ2n) is 8.39. The SMILES string of the molecule is CCCCC/C=C\C/C=C\CCCCCCCC(=O)NC(C)c1ccc(C(F)(F)F)cc1. The smallest absolute Gasteiger partial charge is 0.350 e. The summed E-state index contributed by atoms with van der Waals surface area (Å²) >= 11 is 0. The Morgan fingerprint density at radius 1 is 0.875 bits per heavy atom. The highest BCUT2D eigenvalue weighted by atomic mass is 19.4. The topological polar surface area (TPSA) is 29.1 Å². The number of allylic oxidation sites excluding steroid dienone is 4. The van der Waals surface area contributed by atoms with E-state index in [1.165, 1.54) is 50.7 Å². The van der Waals surface area contributed by atoms with Crippen LogP contribution in [0.2, 0.25) is 0 Å². The average molecular weight is 452 g/mol. The molecule has 0 saturated heterocycles. The summed E-state index contributed by atoms with van der Waals surface area (Å²) < 4.78 is 37.9. The molecule has 0 aromatic heterocycles. The normalized spacial score (nSPS) is 13.2. The van der Waals surface area contributed by atoms with Crippen LogP contribution in [-0.2, 0) is 11.0 Å². The Bertz CT molecular complexity index is 677. The summed E-state index contributed by atoms with van der Waals surface area (Å²) in [6.07, 6.45) is 17.6. The second-order valence-corrected chi connectivity index (χ2v) is 8.39. The molecule has 0 saturated carbocycles. The number of unbranched alkanes of at least 4 members (excludes halogenated alkanes) is 8. The van der Waals surface area contributed by atoms with Crippen LogP contribution in [0.3, 0.4) is 0 Å². The van der Waals surface area contributed by atoms with Crippen LogP contribution in [-0.4, -0.2) is 5.91 Å². The van der Waals surface area contributed by atoms with Crippen molar-refractivity contribution in [1.82, 2.24) is 5.32 Å². The van der Waals surface area contributed by atoms with Crippen LogP contribution in [0.15, 0.2) is 48.6 Å². The molecule has 1 aromatic rings. The summed E-state index contributed by atoms with van der Waals surface area (Å²) in [5.74, 6) is -0.0527. The van der Waals surface area contributed by atoms with E-state index in [2.05, 4.69) is 36.5 Å². The molecule has 0 bridgehead atoms. The molecule has 1 aromatic carbocycles. The van der Waals surface area contributed by atoms with Crippen LogP contribution < -0.4 is 5.32 Å². The fourth-order valence-corrected chi connectivity index (χ4v) is 3.45. The van der Waals surface area contributed by atoms with E-state index in [9.17, 15) is 18.0 Å². The van der Waals surface area contributed by atoms with Crippen LogP contribution in [0, 0.1) is 0 Å². The van der Waals surface area contributed by atoms with E-state index in [1.54, 1.807) is 6.92 Å². The number of amides is 1. The Morgan fingerprint density at radius 3 is 2.03 bits per heavy atom. The zero-order chi connectivity index (χ0) is 23.7. The molecule has 0 radical (unpaired) electrons. The first-order chi connectivity index (χ1) is 15.3. The Hall–Kier alpha value is -2.04. The average Bonchev–Trinajstić information content (AvgIpc) is 2.76. The van der Waals surface area contributed by atoms with E-state index in [0.29, 0.717) is 12.0 Å². The maximum atomic E-state index is 12.6. The lowest BCUT2D eigenvalue weighted by Crippen LogP contribution is -2.26. The number of rotatable bonds is 16. The van der Waals surface area contributed by atoms with E-state index >= 15 is 0 Å². The van der Waals surface area contributed by atoms with Gasteiger partial charge in [0.05, 0.1) is 11.6 Å². The zero-order valence-corrected chi connectivity index (χ0v) is 19.7. The Kier molecular flexibility index (Phi) is 14.5. The van der Waals surface area contributed by atoms with Crippen molar-refractivity contribution < 1.29 is 18.0 Å². The lowest BCUT2D eigenvalue weighted by molar-refractivity contribution is -0.137. The number of benzene rings is 1. The maximum absolute atomic E-state index is 12.6. The van der Waals surface area contributed by atoms with Crippen molar-refractivity contribution in [2.45, 2.75) is 103 Å². The molecule has 5 heteroatoms. The molecule has 1 rings (SSSR count). The van der Waals surface area contributed by atoms with Crippen molar-refractivity contribution in [1.29, 1.82) is 0 Å². The third kappa shape index (κ3) is 13.4. The third-order valence-corrected chi connectivity index (χ3v) is 5.47. The maximum Gasteiger partial charge on any atom is 0.416 e. The number of nitrogens with one attached hydrogen (secondary N) is 1. The summed E-state index contributed by atoms with van der Waals surface area (Å²) in [7, 11) is 0. The summed E-state index contributed by atoms with van der Waals surface area (Å²) in [6.45, 7) is 4.01. The van der Waals surface area contributed by atoms with Crippen LogP contribution in [0.4, 0.5) is 13.2 Å². The largest absolute Gasteiger partial charge is 0.416 e. The van der Waals surface area contributed by atoms with Crippen molar-refractivity contribution in [3.8, 4) is 0 Å². The van der Waals surface area contributed by atoms with Crippen LogP contribution in [0.5, 0.6) is 0 Å². The first-order valence-electron chi connectivity index (χ1n) is 12.1. The van der Waals surface area contributed by atoms with Gasteiger partial charge in [0.15, 0.2) is 0 Å². The number of alkyl halides is 3. The molecule has 0 aliphatic rings. The van der Waals surface area contributed by atoms with Crippen molar-refractivity contribution in [2.24, 2.45) is 0 Å². The van der Waals surface area contributed by atoms with Gasteiger partial charge in [0.1, 0.15) is 0 Å². The first kappa shape index (κ1) is 28.0. The molecule has 1 N–H and O–H groups in total. The van der Waals surface area contributed by atoms with Crippen LogP contribution in [0.25, 0.3) is 0 Å². The molecule has 1 unspecified atom stereocenters. The van der Waals surface area contributed by atoms with Gasteiger partial charge in [-0.15, -0.1) is 0 Å². The minimum absolute atomic E-state index is 0.0527. The van der Waals surface area contributed by atoms with Gasteiger partial charge in [0.25, 0.3) is 0 Å². The van der Waals surface area contributed by atoms with Gasteiger partial charge in [0, 0.05) is 6.42 Å². The first-order valence-corrected chi connectivity index (χ1v) is 12.1. The van der Waals surface area contributed by atoms with Gasteiger partial charge in [0.2, 0.25) is 5.91 Å². The van der Waals surface area contributed by atoms with Gasteiger partial charge < -0.3 is 5.32 Å². The number of hydrogen-bond donors (Lipinski definition) is 1. The van der Waals surface area contributed by atoms with E-state index in [0.717, 1.165) is 44.2 Å². The van der Waals surface area contributed by atoms with Crippen molar-refractivity contribution in [2.75, 3.05) is 0 Å². The minimum Gasteiger partial charge on any atom is -0.350 e. The highest BCUT2D eigenvalue weighted by molar-refractivity contribution is 5.76. The molecule has 180 valence electrons. The Labute approximate surface area is 192 Å². The highest BCUT2D eigenvalue weighted by Crippen LogP contribution is 2.29. The fraction of sp³-hybridized carbons (Fsp3) is 0.593. The molecule has 1 amide bonds. The number of carbonyl (C=O) groups is 1. The summed E-state index contributed by atoms with van der Waals surface area (Å²) in [6, 6.07) is 4.65. The number of halogens is 3. The molecule has 0 aliphatic carbocycles. The second kappa shape index (κ2) is 16.6. The monoisotopic (exact) mass is 451 g/mol. The van der Waals surface area contributed by atoms with Crippen LogP contribution in [0.1, 0.15) is 108 Å². The van der Waals surface area contributed by atoms with E-state index in [-0.39, 0.29) is 11.9 Å². The molecular formula is C27H40F3NO. The van der Waals surface area contributed by atoms with Crippen LogP contribution >= 0.6 is 0 Å². The van der Waals surface area contributed by atoms with Gasteiger partial charge in [-0.1, -0.05) is 75.5 Å². The highest BCUT2D eigenvalue weighted by Gasteiger charge is 2.30. The molecule has 0 fully saturated rings. The van der Waals surface area contributed by atoms with Gasteiger partial charge in [-0.3, -0.25) is 4.79 Å². The molecule has 0 spiro atoms. The number of carbonyl (C=O) groups excluding carboxylic acids is 1. The van der Waals surface area contributed by atoms with E-state index in [4.69, 9.17) is 0 Å². The zero-order valence-electron chi connectivity index (χ0n) is 19.7. The summed E-state index contributed by atoms with van der Waals surface area (Å²) in [5.41, 5.74) is -0.00343. The van der Waals surface area contributed by atoms with E-state index < -0.39 is 11.7 Å². The van der Waals surface area contributed by atoms with Gasteiger partial charge >= 0.3 is 6.18 Å². The van der Waals surface area contributed by atoms with Crippen molar-refractivity contribution in [3.05, 3.63) is 59.7 Å². The van der Waals surface area contributed by atoms with Gasteiger partial charge in [-0.25, -0.2) is 0 Å². The summed E-state index contributed by atoms with van der Waals surface area (Å²) in [5, 5.41) is 2.87. The fourth-order valence-electron chi connectivity index (χ4n) is 3.45. The van der Waals surface area contributed by atoms with Gasteiger partial charge in [-0.05, 0) is 63.1 Å².